The Hall–Kier alpha value is -1.10. The van der Waals surface area contributed by atoms with E-state index in [-0.39, 0.29) is 11.8 Å². The monoisotopic (exact) mass is 229 g/mol. The van der Waals surface area contributed by atoms with Crippen molar-refractivity contribution in [3.8, 4) is 0 Å². The maximum Gasteiger partial charge on any atom is 0.323 e. The first-order chi connectivity index (χ1) is 7.20. The number of hydrogen-bond acceptors (Lipinski definition) is 4. The summed E-state index contributed by atoms with van der Waals surface area (Å²) in [6.07, 6.45) is 0.936. The Morgan fingerprint density at radius 3 is 2.25 bits per heavy atom. The van der Waals surface area contributed by atoms with Gasteiger partial charge in [-0.2, -0.15) is 0 Å². The quantitative estimate of drug-likeness (QED) is 0.697. The van der Waals surface area contributed by atoms with Crippen LogP contribution < -0.4 is 5.73 Å². The highest BCUT2D eigenvalue weighted by atomic mass is 16.6. The van der Waals surface area contributed by atoms with E-state index >= 15 is 0 Å². The van der Waals surface area contributed by atoms with Crippen molar-refractivity contribution in [3.05, 3.63) is 0 Å². The fourth-order valence-electron chi connectivity index (χ4n) is 1.72. The van der Waals surface area contributed by atoms with Gasteiger partial charge in [-0.05, 0) is 39.5 Å². The lowest BCUT2D eigenvalue weighted by Gasteiger charge is -2.36. The molecule has 1 atom stereocenters. The van der Waals surface area contributed by atoms with Gasteiger partial charge in [0, 0.05) is 0 Å². The van der Waals surface area contributed by atoms with E-state index in [0.29, 0.717) is 12.8 Å². The van der Waals surface area contributed by atoms with Crippen LogP contribution in [0.25, 0.3) is 0 Å². The molecule has 0 aromatic heterocycles. The summed E-state index contributed by atoms with van der Waals surface area (Å²) in [5, 5.41) is 8.70. The molecule has 0 aliphatic heterocycles. The molecule has 5 nitrogen and oxygen atoms in total. The molecule has 0 aromatic rings. The Morgan fingerprint density at radius 2 is 1.88 bits per heavy atom. The maximum atomic E-state index is 11.6. The molecule has 3 N–H and O–H groups in total. The number of aliphatic carboxylic acids is 1. The number of ether oxygens (including phenoxy) is 1. The molecule has 0 spiro atoms. The van der Waals surface area contributed by atoms with E-state index in [4.69, 9.17) is 15.6 Å². The van der Waals surface area contributed by atoms with Gasteiger partial charge in [-0.15, -0.1) is 0 Å². The van der Waals surface area contributed by atoms with Crippen LogP contribution in [0.5, 0.6) is 0 Å². The summed E-state index contributed by atoms with van der Waals surface area (Å²) in [6, 6.07) is -0.699. The van der Waals surface area contributed by atoms with Crippen molar-refractivity contribution < 1.29 is 19.4 Å². The molecule has 16 heavy (non-hydrogen) atoms. The smallest absolute Gasteiger partial charge is 0.323 e. The average molecular weight is 229 g/mol. The average Bonchev–Trinajstić information content (AvgIpc) is 1.96. The largest absolute Gasteiger partial charge is 0.481 e. The highest BCUT2D eigenvalue weighted by molar-refractivity contribution is 5.77. The molecule has 1 aliphatic rings. The standard InChI is InChI=1S/C11H19NO4/c1-11(2,3)16-10(15)8(12)6-4-7(5-6)9(13)14/h6-8H,4-5,12H2,1-3H3,(H,13,14). The Bertz CT molecular complexity index is 289. The van der Waals surface area contributed by atoms with Gasteiger partial charge >= 0.3 is 11.9 Å². The van der Waals surface area contributed by atoms with Crippen molar-refractivity contribution in [1.82, 2.24) is 0 Å². The summed E-state index contributed by atoms with van der Waals surface area (Å²) in [7, 11) is 0. The third kappa shape index (κ3) is 3.20. The van der Waals surface area contributed by atoms with Crippen molar-refractivity contribution >= 4 is 11.9 Å². The minimum absolute atomic E-state index is 0.0593. The van der Waals surface area contributed by atoms with Crippen LogP contribution in [0.3, 0.4) is 0 Å². The second-order valence-electron chi connectivity index (χ2n) is 5.33. The molecule has 1 saturated carbocycles. The predicted octanol–water partition coefficient (Wildman–Crippen LogP) is 0.766. The number of carbonyl (C=O) groups excluding carboxylic acids is 1. The van der Waals surface area contributed by atoms with E-state index in [9.17, 15) is 9.59 Å². The number of carbonyl (C=O) groups is 2. The van der Waals surface area contributed by atoms with Crippen molar-refractivity contribution in [2.45, 2.75) is 45.3 Å². The van der Waals surface area contributed by atoms with Crippen molar-refractivity contribution in [3.63, 3.8) is 0 Å². The first-order valence-corrected chi connectivity index (χ1v) is 5.42. The highest BCUT2D eigenvalue weighted by Crippen LogP contribution is 2.36. The normalized spacial score (nSPS) is 26.8. The number of rotatable bonds is 3. The van der Waals surface area contributed by atoms with Gasteiger partial charge in [-0.1, -0.05) is 0 Å². The number of nitrogens with two attached hydrogens (primary N) is 1. The summed E-state index contributed by atoms with van der Waals surface area (Å²) in [5.41, 5.74) is 5.17. The lowest BCUT2D eigenvalue weighted by Crippen LogP contribution is -2.48. The number of esters is 1. The molecule has 1 unspecified atom stereocenters. The van der Waals surface area contributed by atoms with Gasteiger partial charge in [0.1, 0.15) is 11.6 Å². The van der Waals surface area contributed by atoms with Crippen LogP contribution in [0, 0.1) is 11.8 Å². The fourth-order valence-corrected chi connectivity index (χ4v) is 1.72. The zero-order chi connectivity index (χ0) is 12.5. The summed E-state index contributed by atoms with van der Waals surface area (Å²) in [5.74, 6) is -1.66. The van der Waals surface area contributed by atoms with Gasteiger partial charge in [0.25, 0.3) is 0 Å². The van der Waals surface area contributed by atoms with Gasteiger partial charge in [-0.3, -0.25) is 9.59 Å². The van der Waals surface area contributed by atoms with Crippen LogP contribution in [0.1, 0.15) is 33.6 Å². The highest BCUT2D eigenvalue weighted by Gasteiger charge is 2.41. The van der Waals surface area contributed by atoms with Crippen LogP contribution in [-0.2, 0) is 14.3 Å². The molecule has 92 valence electrons. The lowest BCUT2D eigenvalue weighted by molar-refractivity contribution is -0.161. The predicted molar refractivity (Wildman–Crippen MR) is 57.7 cm³/mol. The molecule has 0 radical (unpaired) electrons. The molecule has 0 amide bonds. The van der Waals surface area contributed by atoms with Gasteiger partial charge in [0.15, 0.2) is 0 Å². The lowest BCUT2D eigenvalue weighted by atomic mass is 9.71. The zero-order valence-electron chi connectivity index (χ0n) is 9.90. The molecule has 1 rings (SSSR count). The second-order valence-corrected chi connectivity index (χ2v) is 5.33. The van der Waals surface area contributed by atoms with Gasteiger partial charge in [0.2, 0.25) is 0 Å². The topological polar surface area (TPSA) is 89.6 Å². The molecule has 5 heteroatoms. The van der Waals surface area contributed by atoms with Crippen LogP contribution in [0.15, 0.2) is 0 Å². The van der Waals surface area contributed by atoms with Crippen molar-refractivity contribution in [2.75, 3.05) is 0 Å². The molecule has 0 heterocycles. The summed E-state index contributed by atoms with van der Waals surface area (Å²) in [6.45, 7) is 5.33. The Balaban J connectivity index is 2.40. The molecule has 1 fully saturated rings. The van der Waals surface area contributed by atoms with Gasteiger partial charge in [-0.25, -0.2) is 0 Å². The van der Waals surface area contributed by atoms with E-state index in [1.54, 1.807) is 20.8 Å². The molecular formula is C11H19NO4. The minimum atomic E-state index is -0.812. The summed E-state index contributed by atoms with van der Waals surface area (Å²) >= 11 is 0. The zero-order valence-corrected chi connectivity index (χ0v) is 9.90. The third-order valence-corrected chi connectivity index (χ3v) is 2.71. The summed E-state index contributed by atoms with van der Waals surface area (Å²) in [4.78, 5) is 22.2. The molecule has 1 aliphatic carbocycles. The number of carboxylic acid groups (broad SMARTS) is 1. The first-order valence-electron chi connectivity index (χ1n) is 5.42. The Labute approximate surface area is 95.0 Å². The maximum absolute atomic E-state index is 11.6. The minimum Gasteiger partial charge on any atom is -0.481 e. The van der Waals surface area contributed by atoms with Crippen LogP contribution in [-0.4, -0.2) is 28.7 Å². The molecule has 0 aromatic carbocycles. The van der Waals surface area contributed by atoms with Crippen LogP contribution in [0.2, 0.25) is 0 Å². The van der Waals surface area contributed by atoms with Crippen molar-refractivity contribution in [1.29, 1.82) is 0 Å². The van der Waals surface area contributed by atoms with Gasteiger partial charge in [0.05, 0.1) is 5.92 Å². The number of carboxylic acids is 1. The summed E-state index contributed by atoms with van der Waals surface area (Å²) < 4.78 is 5.14. The van der Waals surface area contributed by atoms with E-state index in [0.717, 1.165) is 0 Å². The van der Waals surface area contributed by atoms with Crippen LogP contribution in [0.4, 0.5) is 0 Å². The molecular weight excluding hydrogens is 210 g/mol. The van der Waals surface area contributed by atoms with Crippen molar-refractivity contribution in [2.24, 2.45) is 17.6 Å². The Kier molecular flexibility index (Phi) is 3.57. The van der Waals surface area contributed by atoms with E-state index in [1.807, 2.05) is 0 Å². The van der Waals surface area contributed by atoms with E-state index in [1.165, 1.54) is 0 Å². The molecule has 0 bridgehead atoms. The third-order valence-electron chi connectivity index (χ3n) is 2.71. The van der Waals surface area contributed by atoms with Gasteiger partial charge < -0.3 is 15.6 Å². The molecule has 0 saturated heterocycles. The second kappa shape index (κ2) is 4.41. The number of hydrogen-bond donors (Lipinski definition) is 2. The fraction of sp³-hybridized carbons (Fsp3) is 0.818. The SMILES string of the molecule is CC(C)(C)OC(=O)C(N)C1CC(C(=O)O)C1. The van der Waals surface area contributed by atoms with E-state index in [2.05, 4.69) is 0 Å². The van der Waals surface area contributed by atoms with E-state index < -0.39 is 23.6 Å². The Morgan fingerprint density at radius 1 is 1.38 bits per heavy atom. The van der Waals surface area contributed by atoms with Crippen LogP contribution >= 0.6 is 0 Å². The first kappa shape index (κ1) is 13.0.